The molecule has 0 amide bonds. The molecular weight excluding hydrogens is 408 g/mol. The number of fused-ring (bicyclic) bond motifs is 5. The molecule has 4 saturated carbocycles. The predicted molar refractivity (Wildman–Crippen MR) is 135 cm³/mol. The summed E-state index contributed by atoms with van der Waals surface area (Å²) in [6.45, 7) is 18.6. The molecule has 0 unspecified atom stereocenters. The number of rotatable bonds is 5. The Labute approximate surface area is 203 Å². The van der Waals surface area contributed by atoms with Crippen LogP contribution in [-0.2, 0) is 4.79 Å². The summed E-state index contributed by atoms with van der Waals surface area (Å²) in [6, 6.07) is 0. The highest BCUT2D eigenvalue weighted by Gasteiger charge is 2.69. The smallest absolute Gasteiger partial charge is 0.138 e. The first-order valence-corrected chi connectivity index (χ1v) is 13.9. The number of carbonyl (C=O) groups is 1. The minimum Gasteiger partial charge on any atom is -0.396 e. The van der Waals surface area contributed by atoms with E-state index in [1.165, 1.54) is 32.1 Å². The Bertz CT molecular complexity index is 781. The molecule has 190 valence electrons. The van der Waals surface area contributed by atoms with E-state index in [9.17, 15) is 15.0 Å². The van der Waals surface area contributed by atoms with Crippen molar-refractivity contribution in [3.05, 3.63) is 0 Å². The van der Waals surface area contributed by atoms with Crippen LogP contribution >= 0.6 is 0 Å². The van der Waals surface area contributed by atoms with Gasteiger partial charge >= 0.3 is 0 Å². The molecule has 0 bridgehead atoms. The largest absolute Gasteiger partial charge is 0.396 e. The van der Waals surface area contributed by atoms with E-state index >= 15 is 0 Å². The highest BCUT2D eigenvalue weighted by atomic mass is 16.3. The third kappa shape index (κ3) is 3.61. The zero-order chi connectivity index (χ0) is 24.7. The van der Waals surface area contributed by atoms with Crippen LogP contribution in [-0.4, -0.2) is 28.2 Å². The molecule has 0 radical (unpaired) electrons. The van der Waals surface area contributed by atoms with Gasteiger partial charge < -0.3 is 10.2 Å². The average Bonchev–Trinajstić information content (AvgIpc) is 3.09. The third-order valence-corrected chi connectivity index (χ3v) is 12.7. The second-order valence-corrected chi connectivity index (χ2v) is 15.1. The van der Waals surface area contributed by atoms with Gasteiger partial charge in [-0.05, 0) is 110 Å². The first-order valence-electron chi connectivity index (χ1n) is 13.9. The van der Waals surface area contributed by atoms with Gasteiger partial charge in [0.05, 0.1) is 5.60 Å². The molecule has 0 saturated heterocycles. The van der Waals surface area contributed by atoms with Crippen LogP contribution in [0, 0.1) is 50.7 Å². The SMILES string of the molecule is CC(C)(CO)CC[C@@](C)(O)[C@H]1CC[C@]2(C)[C@@H]1CC[C@@H]1[C@@]3(C)CCC(=O)C(C)(C)[C@@H]3CC[C@]12C. The van der Waals surface area contributed by atoms with Crippen LogP contribution in [0.25, 0.3) is 0 Å². The predicted octanol–water partition coefficient (Wildman–Crippen LogP) is 6.79. The second kappa shape index (κ2) is 7.79. The van der Waals surface area contributed by atoms with Gasteiger partial charge in [-0.1, -0.05) is 48.5 Å². The molecule has 0 heterocycles. The maximum absolute atomic E-state index is 12.9. The maximum atomic E-state index is 12.9. The second-order valence-electron chi connectivity index (χ2n) is 15.1. The standard InChI is InChI=1S/C30H52O3/c1-25(2,19-31)17-18-30(8,33)21-11-15-28(6)20(21)9-10-23-27(5)14-13-24(32)26(3,4)22(27)12-16-29(23,28)7/h20-23,31,33H,9-19H2,1-8H3/t20-,21+,22+,23-,27+,28-,29-,30-/m1/s1. The van der Waals surface area contributed by atoms with Crippen LogP contribution in [0.4, 0.5) is 0 Å². The van der Waals surface area contributed by atoms with E-state index in [2.05, 4.69) is 55.4 Å². The fourth-order valence-electron chi connectivity index (χ4n) is 10.1. The summed E-state index contributed by atoms with van der Waals surface area (Å²) >= 11 is 0. The first-order chi connectivity index (χ1) is 15.1. The topological polar surface area (TPSA) is 57.5 Å². The molecule has 2 N–H and O–H groups in total. The van der Waals surface area contributed by atoms with Gasteiger partial charge in [0.25, 0.3) is 0 Å². The average molecular weight is 461 g/mol. The van der Waals surface area contributed by atoms with Gasteiger partial charge in [-0.2, -0.15) is 0 Å². The Morgan fingerprint density at radius 2 is 1.48 bits per heavy atom. The Balaban J connectivity index is 1.61. The Morgan fingerprint density at radius 3 is 2.12 bits per heavy atom. The number of hydrogen-bond donors (Lipinski definition) is 2. The summed E-state index contributed by atoms with van der Waals surface area (Å²) in [4.78, 5) is 12.9. The van der Waals surface area contributed by atoms with Crippen molar-refractivity contribution >= 4 is 5.78 Å². The zero-order valence-corrected chi connectivity index (χ0v) is 22.9. The number of aliphatic hydroxyl groups is 2. The third-order valence-electron chi connectivity index (χ3n) is 12.7. The summed E-state index contributed by atoms with van der Waals surface area (Å²) in [7, 11) is 0. The van der Waals surface area contributed by atoms with E-state index in [1.54, 1.807) is 0 Å². The number of carbonyl (C=O) groups excluding carboxylic acids is 1. The van der Waals surface area contributed by atoms with Crippen LogP contribution in [0.1, 0.15) is 120 Å². The van der Waals surface area contributed by atoms with Crippen molar-refractivity contribution in [2.24, 2.45) is 50.7 Å². The van der Waals surface area contributed by atoms with Crippen LogP contribution in [0.5, 0.6) is 0 Å². The molecule has 0 aromatic rings. The first kappa shape index (κ1) is 25.7. The van der Waals surface area contributed by atoms with Gasteiger partial charge in [-0.15, -0.1) is 0 Å². The van der Waals surface area contributed by atoms with Gasteiger partial charge in [0.1, 0.15) is 5.78 Å². The van der Waals surface area contributed by atoms with E-state index in [0.717, 1.165) is 32.1 Å². The van der Waals surface area contributed by atoms with E-state index in [4.69, 9.17) is 0 Å². The van der Waals surface area contributed by atoms with Crippen molar-refractivity contribution in [3.63, 3.8) is 0 Å². The molecule has 3 nitrogen and oxygen atoms in total. The molecule has 0 spiro atoms. The van der Waals surface area contributed by atoms with Crippen molar-refractivity contribution in [2.45, 2.75) is 125 Å². The van der Waals surface area contributed by atoms with Crippen LogP contribution in [0.15, 0.2) is 0 Å². The molecule has 3 heteroatoms. The molecule has 33 heavy (non-hydrogen) atoms. The lowest BCUT2D eigenvalue weighted by Gasteiger charge is -2.69. The molecule has 4 fully saturated rings. The van der Waals surface area contributed by atoms with Crippen molar-refractivity contribution in [3.8, 4) is 0 Å². The highest BCUT2D eigenvalue weighted by molar-refractivity contribution is 5.85. The Kier molecular flexibility index (Phi) is 6.06. The van der Waals surface area contributed by atoms with Crippen LogP contribution in [0.2, 0.25) is 0 Å². The molecule has 4 aliphatic rings. The van der Waals surface area contributed by atoms with Crippen LogP contribution in [0.3, 0.4) is 0 Å². The van der Waals surface area contributed by atoms with Crippen molar-refractivity contribution in [1.82, 2.24) is 0 Å². The van der Waals surface area contributed by atoms with E-state index < -0.39 is 5.60 Å². The lowest BCUT2D eigenvalue weighted by molar-refractivity contribution is -0.207. The fourth-order valence-corrected chi connectivity index (χ4v) is 10.1. The fraction of sp³-hybridized carbons (Fsp3) is 0.967. The Morgan fingerprint density at radius 1 is 0.848 bits per heavy atom. The number of Topliss-reactive ketones (excluding diaryl/α,β-unsaturated/α-hetero) is 1. The molecule has 0 aromatic carbocycles. The van der Waals surface area contributed by atoms with Crippen LogP contribution < -0.4 is 0 Å². The lowest BCUT2D eigenvalue weighted by atomic mass is 9.35. The number of hydrogen-bond acceptors (Lipinski definition) is 3. The van der Waals surface area contributed by atoms with Gasteiger partial charge in [-0.3, -0.25) is 4.79 Å². The summed E-state index contributed by atoms with van der Waals surface area (Å²) in [5.74, 6) is 2.59. The summed E-state index contributed by atoms with van der Waals surface area (Å²) in [5, 5.41) is 21.4. The maximum Gasteiger partial charge on any atom is 0.138 e. The van der Waals surface area contributed by atoms with Gasteiger partial charge in [0.2, 0.25) is 0 Å². The zero-order valence-electron chi connectivity index (χ0n) is 22.9. The van der Waals surface area contributed by atoms with Crippen molar-refractivity contribution in [2.75, 3.05) is 6.61 Å². The number of ketones is 1. The minimum atomic E-state index is -0.668. The van der Waals surface area contributed by atoms with Gasteiger partial charge in [-0.25, -0.2) is 0 Å². The highest BCUT2D eigenvalue weighted by Crippen LogP contribution is 2.75. The van der Waals surface area contributed by atoms with E-state index in [-0.39, 0.29) is 33.7 Å². The quantitative estimate of drug-likeness (QED) is 0.475. The normalized spacial score (nSPS) is 46.8. The minimum absolute atomic E-state index is 0.131. The number of aliphatic hydroxyl groups excluding tert-OH is 1. The van der Waals surface area contributed by atoms with E-state index in [0.29, 0.717) is 29.5 Å². The molecule has 4 aliphatic carbocycles. The van der Waals surface area contributed by atoms with Gasteiger partial charge in [0, 0.05) is 18.4 Å². The summed E-state index contributed by atoms with van der Waals surface area (Å²) in [5.41, 5.74) is -0.187. The van der Waals surface area contributed by atoms with Crippen molar-refractivity contribution < 1.29 is 15.0 Å². The Hall–Kier alpha value is -0.410. The molecule has 0 aliphatic heterocycles. The molecule has 0 aromatic heterocycles. The summed E-state index contributed by atoms with van der Waals surface area (Å²) in [6.07, 6.45) is 10.7. The van der Waals surface area contributed by atoms with E-state index in [1.807, 2.05) is 0 Å². The molecule has 4 rings (SSSR count). The summed E-state index contributed by atoms with van der Waals surface area (Å²) < 4.78 is 0. The molecular formula is C30H52O3. The monoisotopic (exact) mass is 460 g/mol. The van der Waals surface area contributed by atoms with Gasteiger partial charge in [0.15, 0.2) is 0 Å². The lowest BCUT2D eigenvalue weighted by Crippen LogP contribution is -2.63. The van der Waals surface area contributed by atoms with Crippen molar-refractivity contribution in [1.29, 1.82) is 0 Å². The molecule has 8 atom stereocenters.